The van der Waals surface area contributed by atoms with E-state index in [1.54, 1.807) is 30.3 Å². The van der Waals surface area contributed by atoms with E-state index in [1.807, 2.05) is 31.2 Å². The van der Waals surface area contributed by atoms with Gasteiger partial charge in [0.15, 0.2) is 6.61 Å². The molecule has 0 aliphatic rings. The van der Waals surface area contributed by atoms with E-state index in [0.29, 0.717) is 17.2 Å². The molecule has 2 N–H and O–H groups in total. The first-order chi connectivity index (χ1) is 13.6. The van der Waals surface area contributed by atoms with Crippen molar-refractivity contribution in [2.24, 2.45) is 0 Å². The summed E-state index contributed by atoms with van der Waals surface area (Å²) in [4.78, 5) is 23.8. The number of benzene rings is 2. The molecule has 2 aromatic carbocycles. The molecule has 0 unspecified atom stereocenters. The molecule has 0 aliphatic heterocycles. The zero-order chi connectivity index (χ0) is 19.9. The number of fused-ring (bicyclic) bond motifs is 1. The Kier molecular flexibility index (Phi) is 6.34. The van der Waals surface area contributed by atoms with Gasteiger partial charge in [0.2, 0.25) is 0 Å². The lowest BCUT2D eigenvalue weighted by Gasteiger charge is -2.08. The molecule has 6 nitrogen and oxygen atoms in total. The van der Waals surface area contributed by atoms with Gasteiger partial charge in [-0.2, -0.15) is 0 Å². The second-order valence-corrected chi connectivity index (χ2v) is 6.29. The van der Waals surface area contributed by atoms with Crippen LogP contribution in [0, 0.1) is 0 Å². The Hall–Kier alpha value is -3.25. The Morgan fingerprint density at radius 1 is 1.11 bits per heavy atom. The van der Waals surface area contributed by atoms with Gasteiger partial charge < -0.3 is 9.15 Å². The van der Waals surface area contributed by atoms with Gasteiger partial charge in [-0.05, 0) is 24.3 Å². The number of hydrogen-bond donors (Lipinski definition) is 2. The number of carbonyl (C=O) groups excluding carboxylic acids is 2. The molecule has 3 aromatic rings. The Balaban J connectivity index is 1.54. The van der Waals surface area contributed by atoms with Crippen molar-refractivity contribution in [1.82, 2.24) is 10.9 Å². The molecule has 0 saturated heterocycles. The number of para-hydroxylation sites is 2. The van der Waals surface area contributed by atoms with Crippen molar-refractivity contribution < 1.29 is 18.7 Å². The topological polar surface area (TPSA) is 80.6 Å². The summed E-state index contributed by atoms with van der Waals surface area (Å²) < 4.78 is 11.1. The molecule has 0 saturated carbocycles. The van der Waals surface area contributed by atoms with Crippen molar-refractivity contribution in [3.8, 4) is 5.75 Å². The number of hydrogen-bond acceptors (Lipinski definition) is 4. The molecule has 3 rings (SSSR count). The van der Waals surface area contributed by atoms with E-state index in [1.165, 1.54) is 6.08 Å². The molecule has 0 spiro atoms. The van der Waals surface area contributed by atoms with Gasteiger partial charge in [-0.15, -0.1) is 0 Å². The fraction of sp³-hybridized carbons (Fsp3) is 0.143. The molecule has 144 valence electrons. The summed E-state index contributed by atoms with van der Waals surface area (Å²) in [6.07, 6.45) is 3.71. The van der Waals surface area contributed by atoms with Crippen LogP contribution in [0.4, 0.5) is 0 Å². The number of aryl methyl sites for hydroxylation is 1. The Labute approximate surface area is 167 Å². The summed E-state index contributed by atoms with van der Waals surface area (Å²) in [7, 11) is 0. The third-order valence-corrected chi connectivity index (χ3v) is 4.27. The Morgan fingerprint density at radius 2 is 1.86 bits per heavy atom. The van der Waals surface area contributed by atoms with Gasteiger partial charge in [-0.3, -0.25) is 20.4 Å². The van der Waals surface area contributed by atoms with E-state index < -0.39 is 11.8 Å². The molecule has 0 bridgehead atoms. The van der Waals surface area contributed by atoms with Gasteiger partial charge in [-0.1, -0.05) is 48.9 Å². The van der Waals surface area contributed by atoms with Crippen LogP contribution in [0.15, 0.2) is 59.0 Å². The number of rotatable bonds is 6. The standard InChI is InChI=1S/C21H19ClN2O4/c1-2-17-15(14-7-3-5-9-18(14)28-17)11-12-20(25)23-24-21(26)13-27-19-10-6-4-8-16(19)22/h3-12H,2,13H2,1H3,(H,23,25)(H,24,26)/b12-11+. The van der Waals surface area contributed by atoms with Gasteiger partial charge in [0.25, 0.3) is 11.8 Å². The number of ether oxygens (including phenoxy) is 1. The minimum atomic E-state index is -0.510. The maximum atomic E-state index is 12.0. The third-order valence-electron chi connectivity index (χ3n) is 3.95. The number of furan rings is 1. The van der Waals surface area contributed by atoms with Crippen LogP contribution in [0.25, 0.3) is 17.0 Å². The zero-order valence-corrected chi connectivity index (χ0v) is 16.0. The number of hydrazine groups is 1. The van der Waals surface area contributed by atoms with Crippen LogP contribution in [0.2, 0.25) is 5.02 Å². The van der Waals surface area contributed by atoms with Crippen LogP contribution in [0.1, 0.15) is 18.2 Å². The Morgan fingerprint density at radius 3 is 2.64 bits per heavy atom. The predicted molar refractivity (Wildman–Crippen MR) is 108 cm³/mol. The van der Waals surface area contributed by atoms with Crippen LogP contribution in [-0.4, -0.2) is 18.4 Å². The van der Waals surface area contributed by atoms with Crippen LogP contribution in [0.3, 0.4) is 0 Å². The largest absolute Gasteiger partial charge is 0.482 e. The summed E-state index contributed by atoms with van der Waals surface area (Å²) >= 11 is 5.95. The molecule has 2 amide bonds. The minimum absolute atomic E-state index is 0.278. The highest BCUT2D eigenvalue weighted by Crippen LogP contribution is 2.27. The molecule has 1 heterocycles. The monoisotopic (exact) mass is 398 g/mol. The first kappa shape index (κ1) is 19.5. The zero-order valence-electron chi connectivity index (χ0n) is 15.2. The van der Waals surface area contributed by atoms with Gasteiger partial charge in [0.1, 0.15) is 17.1 Å². The van der Waals surface area contributed by atoms with Crippen LogP contribution < -0.4 is 15.6 Å². The summed E-state index contributed by atoms with van der Waals surface area (Å²) in [5, 5.41) is 1.34. The van der Waals surface area contributed by atoms with E-state index >= 15 is 0 Å². The molecular formula is C21H19ClN2O4. The number of halogens is 1. The first-order valence-corrected chi connectivity index (χ1v) is 9.11. The quantitative estimate of drug-likeness (QED) is 0.487. The molecule has 7 heteroatoms. The second kappa shape index (κ2) is 9.10. The van der Waals surface area contributed by atoms with E-state index in [4.69, 9.17) is 20.8 Å². The van der Waals surface area contributed by atoms with E-state index in [0.717, 1.165) is 22.3 Å². The highest BCUT2D eigenvalue weighted by molar-refractivity contribution is 6.32. The van der Waals surface area contributed by atoms with Crippen molar-refractivity contribution in [2.75, 3.05) is 6.61 Å². The smallest absolute Gasteiger partial charge is 0.276 e. The molecule has 1 aromatic heterocycles. The lowest BCUT2D eigenvalue weighted by atomic mass is 10.1. The fourth-order valence-electron chi connectivity index (χ4n) is 2.63. The van der Waals surface area contributed by atoms with E-state index in [9.17, 15) is 9.59 Å². The molecular weight excluding hydrogens is 380 g/mol. The Bertz CT molecular complexity index is 1030. The lowest BCUT2D eigenvalue weighted by molar-refractivity contribution is -0.128. The van der Waals surface area contributed by atoms with Crippen molar-refractivity contribution in [3.63, 3.8) is 0 Å². The first-order valence-electron chi connectivity index (χ1n) is 8.73. The highest BCUT2D eigenvalue weighted by atomic mass is 35.5. The summed E-state index contributed by atoms with van der Waals surface area (Å²) in [6, 6.07) is 14.4. The summed E-state index contributed by atoms with van der Waals surface area (Å²) in [5.41, 5.74) is 6.22. The normalized spacial score (nSPS) is 10.9. The van der Waals surface area contributed by atoms with Gasteiger partial charge in [0, 0.05) is 23.4 Å². The molecule has 0 radical (unpaired) electrons. The van der Waals surface area contributed by atoms with Crippen LogP contribution in [-0.2, 0) is 16.0 Å². The molecule has 0 fully saturated rings. The summed E-state index contributed by atoms with van der Waals surface area (Å²) in [5.74, 6) is 0.204. The molecule has 0 aliphatic carbocycles. The maximum Gasteiger partial charge on any atom is 0.276 e. The second-order valence-electron chi connectivity index (χ2n) is 5.88. The molecule has 28 heavy (non-hydrogen) atoms. The van der Waals surface area contributed by atoms with Crippen molar-refractivity contribution in [1.29, 1.82) is 0 Å². The summed E-state index contributed by atoms with van der Waals surface area (Å²) in [6.45, 7) is 1.70. The van der Waals surface area contributed by atoms with Gasteiger partial charge >= 0.3 is 0 Å². The van der Waals surface area contributed by atoms with Crippen molar-refractivity contribution >= 4 is 40.5 Å². The van der Waals surface area contributed by atoms with E-state index in [-0.39, 0.29) is 6.61 Å². The SMILES string of the molecule is CCc1oc2ccccc2c1/C=C/C(=O)NNC(=O)COc1ccccc1Cl. The number of nitrogens with one attached hydrogen (secondary N) is 2. The lowest BCUT2D eigenvalue weighted by Crippen LogP contribution is -2.43. The van der Waals surface area contributed by atoms with Crippen LogP contribution in [0.5, 0.6) is 5.75 Å². The maximum absolute atomic E-state index is 12.0. The van der Waals surface area contributed by atoms with Crippen molar-refractivity contribution in [2.45, 2.75) is 13.3 Å². The predicted octanol–water partition coefficient (Wildman–Crippen LogP) is 3.89. The number of carbonyl (C=O) groups is 2. The minimum Gasteiger partial charge on any atom is -0.482 e. The highest BCUT2D eigenvalue weighted by Gasteiger charge is 2.10. The van der Waals surface area contributed by atoms with Crippen LogP contribution >= 0.6 is 11.6 Å². The number of amides is 2. The average molecular weight is 399 g/mol. The van der Waals surface area contributed by atoms with Gasteiger partial charge in [0.05, 0.1) is 5.02 Å². The molecule has 0 atom stereocenters. The van der Waals surface area contributed by atoms with Crippen molar-refractivity contribution in [3.05, 3.63) is 71.0 Å². The van der Waals surface area contributed by atoms with E-state index in [2.05, 4.69) is 10.9 Å². The fourth-order valence-corrected chi connectivity index (χ4v) is 2.82. The van der Waals surface area contributed by atoms with Gasteiger partial charge in [-0.25, -0.2) is 0 Å². The third kappa shape index (κ3) is 4.72. The average Bonchev–Trinajstić information content (AvgIpc) is 3.07.